The number of hydrogen-bond acceptors (Lipinski definition) is 2. The highest BCUT2D eigenvalue weighted by Gasteiger charge is 2.23. The van der Waals surface area contributed by atoms with Crippen LogP contribution in [0, 0.1) is 0 Å². The molecule has 0 unspecified atom stereocenters. The van der Waals surface area contributed by atoms with Crippen LogP contribution in [-0.4, -0.2) is 42.0 Å². The van der Waals surface area contributed by atoms with Gasteiger partial charge >= 0.3 is 6.03 Å². The number of nitrogens with one attached hydrogen (secondary N) is 2. The molecule has 98 valence electrons. The van der Waals surface area contributed by atoms with Crippen LogP contribution in [0.3, 0.4) is 0 Å². The summed E-state index contributed by atoms with van der Waals surface area (Å²) in [6, 6.07) is 0.289. The summed E-state index contributed by atoms with van der Waals surface area (Å²) in [5.41, 5.74) is 0. The highest BCUT2D eigenvalue weighted by Crippen LogP contribution is 2.18. The number of amides is 3. The quantitative estimate of drug-likeness (QED) is 0.757. The molecule has 2 N–H and O–H groups in total. The minimum atomic E-state index is -0.129. The number of carbonyl (C=O) groups excluding carboxylic acids is 2. The topological polar surface area (TPSA) is 61.4 Å². The predicted molar refractivity (Wildman–Crippen MR) is 66.7 cm³/mol. The average molecular weight is 241 g/mol. The van der Waals surface area contributed by atoms with Crippen LogP contribution in [0.2, 0.25) is 0 Å². The molecule has 1 fully saturated rings. The van der Waals surface area contributed by atoms with E-state index >= 15 is 0 Å². The second-order valence-electron chi connectivity index (χ2n) is 4.81. The van der Waals surface area contributed by atoms with Crippen LogP contribution in [0.15, 0.2) is 0 Å². The maximum absolute atomic E-state index is 11.8. The summed E-state index contributed by atoms with van der Waals surface area (Å²) in [4.78, 5) is 24.9. The van der Waals surface area contributed by atoms with Crippen molar-refractivity contribution < 1.29 is 9.59 Å². The Hall–Kier alpha value is -1.26. The Morgan fingerprint density at radius 3 is 2.41 bits per heavy atom. The minimum absolute atomic E-state index is 0.106. The van der Waals surface area contributed by atoms with E-state index in [2.05, 4.69) is 10.6 Å². The molecule has 0 aromatic rings. The Kier molecular flexibility index (Phi) is 5.25. The van der Waals surface area contributed by atoms with Crippen molar-refractivity contribution in [1.29, 1.82) is 0 Å². The Labute approximate surface area is 103 Å². The zero-order valence-corrected chi connectivity index (χ0v) is 11.0. The summed E-state index contributed by atoms with van der Waals surface area (Å²) in [5, 5.41) is 5.72. The first-order valence-electron chi connectivity index (χ1n) is 6.37. The van der Waals surface area contributed by atoms with Gasteiger partial charge in [-0.2, -0.15) is 0 Å². The van der Waals surface area contributed by atoms with Gasteiger partial charge in [0.1, 0.15) is 6.54 Å². The molecule has 0 aromatic carbocycles. The van der Waals surface area contributed by atoms with Gasteiger partial charge < -0.3 is 15.5 Å². The van der Waals surface area contributed by atoms with E-state index in [9.17, 15) is 9.59 Å². The third-order valence-electron chi connectivity index (χ3n) is 2.89. The largest absolute Gasteiger partial charge is 0.352 e. The van der Waals surface area contributed by atoms with Gasteiger partial charge in [-0.15, -0.1) is 0 Å². The van der Waals surface area contributed by atoms with Crippen LogP contribution >= 0.6 is 0 Å². The monoisotopic (exact) mass is 241 g/mol. The summed E-state index contributed by atoms with van der Waals surface area (Å²) in [6.45, 7) is 6.37. The van der Waals surface area contributed by atoms with Crippen molar-refractivity contribution in [2.75, 3.05) is 13.1 Å². The third kappa shape index (κ3) is 4.63. The molecule has 1 rings (SSSR count). The Bertz CT molecular complexity index is 275. The molecule has 3 amide bonds. The van der Waals surface area contributed by atoms with E-state index in [-0.39, 0.29) is 24.5 Å². The van der Waals surface area contributed by atoms with Gasteiger partial charge in [0.15, 0.2) is 0 Å². The number of urea groups is 1. The van der Waals surface area contributed by atoms with Crippen molar-refractivity contribution in [2.45, 2.75) is 52.1 Å². The van der Waals surface area contributed by atoms with Crippen LogP contribution in [0.4, 0.5) is 4.79 Å². The van der Waals surface area contributed by atoms with Gasteiger partial charge in [-0.25, -0.2) is 4.79 Å². The first-order valence-corrected chi connectivity index (χ1v) is 6.37. The number of hydrogen-bond donors (Lipinski definition) is 2. The summed E-state index contributed by atoms with van der Waals surface area (Å²) in [6.07, 6.45) is 3.30. The maximum Gasteiger partial charge on any atom is 0.318 e. The molecule has 17 heavy (non-hydrogen) atoms. The van der Waals surface area contributed by atoms with Gasteiger partial charge in [-0.05, 0) is 40.0 Å². The first kappa shape index (κ1) is 13.8. The van der Waals surface area contributed by atoms with E-state index in [4.69, 9.17) is 0 Å². The van der Waals surface area contributed by atoms with E-state index in [1.165, 1.54) is 11.3 Å². The summed E-state index contributed by atoms with van der Waals surface area (Å²) in [7, 11) is 0. The molecule has 1 aliphatic rings. The van der Waals surface area contributed by atoms with E-state index < -0.39 is 0 Å². The molecule has 1 saturated carbocycles. The van der Waals surface area contributed by atoms with Crippen molar-refractivity contribution in [3.63, 3.8) is 0 Å². The standard InChI is InChI=1S/C12H23N3O2/c1-4-15(8-11(16)13-9(2)3)12(17)14-10-6-5-7-10/h9-10H,4-8H2,1-3H3,(H,13,16)(H,14,17). The Balaban J connectivity index is 2.35. The normalized spacial score (nSPS) is 15.3. The molecule has 0 radical (unpaired) electrons. The molecular weight excluding hydrogens is 218 g/mol. The molecular formula is C12H23N3O2. The lowest BCUT2D eigenvalue weighted by molar-refractivity contribution is -0.122. The maximum atomic E-state index is 11.8. The van der Waals surface area contributed by atoms with E-state index in [1.54, 1.807) is 0 Å². The van der Waals surface area contributed by atoms with E-state index in [0.717, 1.165) is 12.8 Å². The van der Waals surface area contributed by atoms with Gasteiger partial charge in [-0.1, -0.05) is 0 Å². The number of carbonyl (C=O) groups is 2. The van der Waals surface area contributed by atoms with Gasteiger partial charge in [0, 0.05) is 18.6 Å². The molecule has 0 spiro atoms. The lowest BCUT2D eigenvalue weighted by Gasteiger charge is -2.30. The zero-order valence-electron chi connectivity index (χ0n) is 11.0. The molecule has 0 atom stereocenters. The molecule has 0 bridgehead atoms. The molecule has 0 aromatic heterocycles. The number of nitrogens with zero attached hydrogens (tertiary/aromatic N) is 1. The Morgan fingerprint density at radius 1 is 1.35 bits per heavy atom. The second kappa shape index (κ2) is 6.47. The van der Waals surface area contributed by atoms with E-state index in [1.807, 2.05) is 20.8 Å². The van der Waals surface area contributed by atoms with Crippen molar-refractivity contribution in [1.82, 2.24) is 15.5 Å². The fourth-order valence-corrected chi connectivity index (χ4v) is 1.69. The lowest BCUT2D eigenvalue weighted by atomic mass is 9.93. The van der Waals surface area contributed by atoms with Crippen LogP contribution in [0.25, 0.3) is 0 Å². The van der Waals surface area contributed by atoms with Gasteiger partial charge in [0.25, 0.3) is 0 Å². The minimum Gasteiger partial charge on any atom is -0.352 e. The predicted octanol–water partition coefficient (Wildman–Crippen LogP) is 1.09. The fourth-order valence-electron chi connectivity index (χ4n) is 1.69. The Morgan fingerprint density at radius 2 is 2.00 bits per heavy atom. The SMILES string of the molecule is CCN(CC(=O)NC(C)C)C(=O)NC1CCC1. The van der Waals surface area contributed by atoms with Gasteiger partial charge in [-0.3, -0.25) is 4.79 Å². The van der Waals surface area contributed by atoms with Crippen molar-refractivity contribution in [2.24, 2.45) is 0 Å². The van der Waals surface area contributed by atoms with Crippen molar-refractivity contribution in [3.05, 3.63) is 0 Å². The molecule has 5 nitrogen and oxygen atoms in total. The second-order valence-corrected chi connectivity index (χ2v) is 4.81. The zero-order chi connectivity index (χ0) is 12.8. The molecule has 0 aliphatic heterocycles. The fraction of sp³-hybridized carbons (Fsp3) is 0.833. The molecule has 0 saturated heterocycles. The van der Waals surface area contributed by atoms with Crippen LogP contribution in [0.1, 0.15) is 40.0 Å². The average Bonchev–Trinajstić information content (AvgIpc) is 2.18. The number of likely N-dealkylation sites (N-methyl/N-ethyl adjacent to an activating group) is 1. The molecule has 5 heteroatoms. The van der Waals surface area contributed by atoms with Crippen LogP contribution in [-0.2, 0) is 4.79 Å². The summed E-state index contributed by atoms with van der Waals surface area (Å²) >= 11 is 0. The molecule has 0 heterocycles. The van der Waals surface area contributed by atoms with E-state index in [0.29, 0.717) is 12.6 Å². The third-order valence-corrected chi connectivity index (χ3v) is 2.89. The highest BCUT2D eigenvalue weighted by molar-refractivity contribution is 5.84. The number of rotatable bonds is 5. The van der Waals surface area contributed by atoms with Crippen molar-refractivity contribution in [3.8, 4) is 0 Å². The summed E-state index contributed by atoms with van der Waals surface area (Å²) in [5.74, 6) is -0.106. The van der Waals surface area contributed by atoms with Crippen LogP contribution < -0.4 is 10.6 Å². The van der Waals surface area contributed by atoms with Gasteiger partial charge in [0.05, 0.1) is 0 Å². The summed E-state index contributed by atoms with van der Waals surface area (Å²) < 4.78 is 0. The highest BCUT2D eigenvalue weighted by atomic mass is 16.2. The lowest BCUT2D eigenvalue weighted by Crippen LogP contribution is -2.50. The van der Waals surface area contributed by atoms with Gasteiger partial charge in [0.2, 0.25) is 5.91 Å². The first-order chi connectivity index (χ1) is 8.02. The van der Waals surface area contributed by atoms with Crippen LogP contribution in [0.5, 0.6) is 0 Å². The smallest absolute Gasteiger partial charge is 0.318 e. The molecule has 1 aliphatic carbocycles. The van der Waals surface area contributed by atoms with Crippen molar-refractivity contribution >= 4 is 11.9 Å².